The number of nitrogens with one attached hydrogen (secondary N) is 1. The van der Waals surface area contributed by atoms with Gasteiger partial charge in [0.05, 0.1) is 12.7 Å². The summed E-state index contributed by atoms with van der Waals surface area (Å²) < 4.78 is 5.82. The van der Waals surface area contributed by atoms with Crippen LogP contribution >= 0.6 is 0 Å². The number of rotatable bonds is 3. The van der Waals surface area contributed by atoms with Crippen molar-refractivity contribution in [2.45, 2.75) is 57.7 Å². The molecule has 1 unspecified atom stereocenters. The predicted octanol–water partition coefficient (Wildman–Crippen LogP) is 1.63. The molecule has 1 saturated heterocycles. The summed E-state index contributed by atoms with van der Waals surface area (Å²) >= 11 is 0. The van der Waals surface area contributed by atoms with Crippen molar-refractivity contribution >= 4 is 0 Å². The first kappa shape index (κ1) is 12.3. The molecule has 1 heterocycles. The summed E-state index contributed by atoms with van der Waals surface area (Å²) in [7, 11) is 0. The standard InChI is InChI=1S/C13H26N2O/c1-13(2,3)14-9-12-10-15(7-8-16-12)11-5-4-6-11/h11-12,14H,4-10H2,1-3H3. The predicted molar refractivity (Wildman–Crippen MR) is 66.7 cm³/mol. The molecule has 0 amide bonds. The molecular weight excluding hydrogens is 200 g/mol. The fourth-order valence-electron chi connectivity index (χ4n) is 2.37. The van der Waals surface area contributed by atoms with Crippen LogP contribution in [0.4, 0.5) is 0 Å². The highest BCUT2D eigenvalue weighted by Gasteiger charge is 2.30. The molecule has 0 spiro atoms. The van der Waals surface area contributed by atoms with Crippen LogP contribution in [0.1, 0.15) is 40.0 Å². The van der Waals surface area contributed by atoms with Crippen LogP contribution in [0.5, 0.6) is 0 Å². The van der Waals surface area contributed by atoms with E-state index >= 15 is 0 Å². The Morgan fingerprint density at radius 2 is 2.06 bits per heavy atom. The normalized spacial score (nSPS) is 29.1. The number of ether oxygens (including phenoxy) is 1. The van der Waals surface area contributed by atoms with Crippen molar-refractivity contribution in [3.05, 3.63) is 0 Å². The molecule has 0 radical (unpaired) electrons. The second-order valence-electron chi connectivity index (χ2n) is 6.20. The van der Waals surface area contributed by atoms with Crippen molar-refractivity contribution < 1.29 is 4.74 Å². The first-order valence-electron chi connectivity index (χ1n) is 6.65. The van der Waals surface area contributed by atoms with E-state index < -0.39 is 0 Å². The molecule has 1 aliphatic heterocycles. The van der Waals surface area contributed by atoms with Gasteiger partial charge < -0.3 is 10.1 Å². The molecule has 1 aliphatic carbocycles. The maximum atomic E-state index is 5.82. The molecule has 2 rings (SSSR count). The summed E-state index contributed by atoms with van der Waals surface area (Å²) in [6, 6.07) is 0.862. The Kier molecular flexibility index (Phi) is 3.88. The van der Waals surface area contributed by atoms with Gasteiger partial charge in [-0.05, 0) is 33.6 Å². The summed E-state index contributed by atoms with van der Waals surface area (Å²) in [5.41, 5.74) is 0.197. The quantitative estimate of drug-likeness (QED) is 0.791. The zero-order valence-corrected chi connectivity index (χ0v) is 11.0. The second-order valence-corrected chi connectivity index (χ2v) is 6.20. The van der Waals surface area contributed by atoms with E-state index in [1.165, 1.54) is 19.3 Å². The zero-order chi connectivity index (χ0) is 11.6. The van der Waals surface area contributed by atoms with Crippen LogP contribution < -0.4 is 5.32 Å². The molecule has 1 atom stereocenters. The molecule has 1 N–H and O–H groups in total. The molecule has 2 fully saturated rings. The average Bonchev–Trinajstić information content (AvgIpc) is 2.12. The molecule has 16 heavy (non-hydrogen) atoms. The third-order valence-electron chi connectivity index (χ3n) is 3.62. The number of hydrogen-bond acceptors (Lipinski definition) is 3. The Labute approximate surface area is 99.5 Å². The Balaban J connectivity index is 1.73. The van der Waals surface area contributed by atoms with Crippen molar-refractivity contribution in [1.29, 1.82) is 0 Å². The van der Waals surface area contributed by atoms with Crippen molar-refractivity contribution in [3.63, 3.8) is 0 Å². The molecule has 1 saturated carbocycles. The van der Waals surface area contributed by atoms with Gasteiger partial charge in [0, 0.05) is 31.2 Å². The highest BCUT2D eigenvalue weighted by molar-refractivity contribution is 4.85. The van der Waals surface area contributed by atoms with Crippen LogP contribution in [0.25, 0.3) is 0 Å². The van der Waals surface area contributed by atoms with E-state index in [4.69, 9.17) is 4.74 Å². The third-order valence-corrected chi connectivity index (χ3v) is 3.62. The molecule has 3 heteroatoms. The Morgan fingerprint density at radius 1 is 1.31 bits per heavy atom. The SMILES string of the molecule is CC(C)(C)NCC1CN(C2CCC2)CCO1. The molecule has 0 aromatic heterocycles. The van der Waals surface area contributed by atoms with Crippen LogP contribution in [0.2, 0.25) is 0 Å². The van der Waals surface area contributed by atoms with Crippen molar-refractivity contribution in [3.8, 4) is 0 Å². The lowest BCUT2D eigenvalue weighted by atomic mass is 9.91. The van der Waals surface area contributed by atoms with Gasteiger partial charge in [-0.15, -0.1) is 0 Å². The molecule has 0 aromatic rings. The van der Waals surface area contributed by atoms with Gasteiger partial charge in [-0.25, -0.2) is 0 Å². The molecule has 3 nitrogen and oxygen atoms in total. The van der Waals surface area contributed by atoms with Gasteiger partial charge in [0.15, 0.2) is 0 Å². The number of nitrogens with zero attached hydrogens (tertiary/aromatic N) is 1. The summed E-state index contributed by atoms with van der Waals surface area (Å²) in [5.74, 6) is 0. The average molecular weight is 226 g/mol. The van der Waals surface area contributed by atoms with E-state index in [1.807, 2.05) is 0 Å². The lowest BCUT2D eigenvalue weighted by Crippen LogP contribution is -2.53. The molecular formula is C13H26N2O. The minimum atomic E-state index is 0.197. The van der Waals surface area contributed by atoms with Gasteiger partial charge in [0.2, 0.25) is 0 Å². The van der Waals surface area contributed by atoms with Crippen molar-refractivity contribution in [2.24, 2.45) is 0 Å². The lowest BCUT2D eigenvalue weighted by molar-refractivity contribution is -0.0552. The van der Waals surface area contributed by atoms with Crippen LogP contribution in [-0.2, 0) is 4.74 Å². The summed E-state index contributed by atoms with van der Waals surface area (Å²) in [5, 5.41) is 3.54. The fourth-order valence-corrected chi connectivity index (χ4v) is 2.37. The van der Waals surface area contributed by atoms with Crippen molar-refractivity contribution in [2.75, 3.05) is 26.2 Å². The van der Waals surface area contributed by atoms with Crippen LogP contribution in [-0.4, -0.2) is 48.8 Å². The van der Waals surface area contributed by atoms with Gasteiger partial charge in [-0.1, -0.05) is 6.42 Å². The summed E-state index contributed by atoms with van der Waals surface area (Å²) in [6.45, 7) is 10.8. The van der Waals surface area contributed by atoms with E-state index in [0.29, 0.717) is 6.10 Å². The second kappa shape index (κ2) is 5.03. The fraction of sp³-hybridized carbons (Fsp3) is 1.00. The minimum Gasteiger partial charge on any atom is -0.374 e. The van der Waals surface area contributed by atoms with Crippen LogP contribution in [0, 0.1) is 0 Å². The van der Waals surface area contributed by atoms with E-state index in [-0.39, 0.29) is 5.54 Å². The van der Waals surface area contributed by atoms with E-state index in [9.17, 15) is 0 Å². The maximum absolute atomic E-state index is 5.82. The largest absolute Gasteiger partial charge is 0.374 e. The van der Waals surface area contributed by atoms with Crippen LogP contribution in [0.3, 0.4) is 0 Å². The Bertz CT molecular complexity index is 220. The van der Waals surface area contributed by atoms with Crippen LogP contribution in [0.15, 0.2) is 0 Å². The highest BCUT2D eigenvalue weighted by atomic mass is 16.5. The van der Waals surface area contributed by atoms with Crippen molar-refractivity contribution in [1.82, 2.24) is 10.2 Å². The maximum Gasteiger partial charge on any atom is 0.0827 e. The lowest BCUT2D eigenvalue weighted by Gasteiger charge is -2.42. The number of hydrogen-bond donors (Lipinski definition) is 1. The molecule has 0 aromatic carbocycles. The Hall–Kier alpha value is -0.120. The topological polar surface area (TPSA) is 24.5 Å². The van der Waals surface area contributed by atoms with Gasteiger partial charge in [-0.2, -0.15) is 0 Å². The van der Waals surface area contributed by atoms with E-state index in [1.54, 1.807) is 0 Å². The highest BCUT2D eigenvalue weighted by Crippen LogP contribution is 2.26. The summed E-state index contributed by atoms with van der Waals surface area (Å²) in [6.07, 6.45) is 4.61. The first-order chi connectivity index (χ1) is 7.54. The number of morpholine rings is 1. The monoisotopic (exact) mass is 226 g/mol. The van der Waals surface area contributed by atoms with Gasteiger partial charge in [-0.3, -0.25) is 4.90 Å². The van der Waals surface area contributed by atoms with Gasteiger partial charge in [0.25, 0.3) is 0 Å². The minimum absolute atomic E-state index is 0.197. The molecule has 94 valence electrons. The van der Waals surface area contributed by atoms with Gasteiger partial charge >= 0.3 is 0 Å². The third kappa shape index (κ3) is 3.44. The van der Waals surface area contributed by atoms with E-state index in [2.05, 4.69) is 31.0 Å². The van der Waals surface area contributed by atoms with E-state index in [0.717, 1.165) is 32.3 Å². The zero-order valence-electron chi connectivity index (χ0n) is 11.0. The molecule has 2 aliphatic rings. The Morgan fingerprint density at radius 3 is 2.62 bits per heavy atom. The first-order valence-corrected chi connectivity index (χ1v) is 6.65. The summed E-state index contributed by atoms with van der Waals surface area (Å²) in [4.78, 5) is 2.63. The van der Waals surface area contributed by atoms with Gasteiger partial charge in [0.1, 0.15) is 0 Å². The smallest absolute Gasteiger partial charge is 0.0827 e. The molecule has 0 bridgehead atoms.